The van der Waals surface area contributed by atoms with Crippen molar-refractivity contribution < 1.29 is 0 Å². The van der Waals surface area contributed by atoms with Crippen molar-refractivity contribution in [1.82, 2.24) is 20.2 Å². The molecule has 0 radical (unpaired) electrons. The number of anilines is 1. The van der Waals surface area contributed by atoms with Crippen LogP contribution in [0.25, 0.3) is 11.4 Å². The fourth-order valence-electron chi connectivity index (χ4n) is 1.65. The number of hydrogen-bond acceptors (Lipinski definition) is 4. The van der Waals surface area contributed by atoms with Crippen LogP contribution in [0.1, 0.15) is 20.8 Å². The summed E-state index contributed by atoms with van der Waals surface area (Å²) in [4.78, 5) is 0. The Kier molecular flexibility index (Phi) is 3.38. The van der Waals surface area contributed by atoms with Crippen molar-refractivity contribution in [3.63, 3.8) is 0 Å². The lowest BCUT2D eigenvalue weighted by Crippen LogP contribution is -2.17. The molecule has 0 aliphatic heterocycles. The van der Waals surface area contributed by atoms with Crippen LogP contribution in [0, 0.1) is 5.41 Å². The van der Waals surface area contributed by atoms with Gasteiger partial charge in [-0.3, -0.25) is 0 Å². The SMILES string of the molecule is CC(C)(C)Cn1nnnc1-c1ccc(Br)c(N)c1. The highest BCUT2D eigenvalue weighted by molar-refractivity contribution is 9.10. The Balaban J connectivity index is 2.39. The zero-order valence-electron chi connectivity index (χ0n) is 10.7. The van der Waals surface area contributed by atoms with E-state index in [0.717, 1.165) is 22.4 Å². The van der Waals surface area contributed by atoms with Crippen LogP contribution in [-0.4, -0.2) is 20.2 Å². The summed E-state index contributed by atoms with van der Waals surface area (Å²) in [5.74, 6) is 0.740. The van der Waals surface area contributed by atoms with E-state index in [4.69, 9.17) is 5.73 Å². The molecule has 0 spiro atoms. The maximum atomic E-state index is 5.88. The van der Waals surface area contributed by atoms with E-state index in [-0.39, 0.29) is 5.41 Å². The summed E-state index contributed by atoms with van der Waals surface area (Å²) >= 11 is 3.38. The lowest BCUT2D eigenvalue weighted by Gasteiger charge is -2.18. The van der Waals surface area contributed by atoms with Crippen molar-refractivity contribution in [2.24, 2.45) is 5.41 Å². The molecule has 0 aliphatic rings. The minimum absolute atomic E-state index is 0.116. The number of nitrogens with two attached hydrogens (primary N) is 1. The van der Waals surface area contributed by atoms with Gasteiger partial charge in [-0.2, -0.15) is 0 Å². The molecule has 2 aromatic rings. The number of benzene rings is 1. The summed E-state index contributed by atoms with van der Waals surface area (Å²) in [7, 11) is 0. The highest BCUT2D eigenvalue weighted by Crippen LogP contribution is 2.26. The van der Waals surface area contributed by atoms with Gasteiger partial charge in [-0.15, -0.1) is 5.10 Å². The minimum Gasteiger partial charge on any atom is -0.398 e. The van der Waals surface area contributed by atoms with Gasteiger partial charge in [0.1, 0.15) is 0 Å². The molecule has 1 aromatic carbocycles. The zero-order valence-corrected chi connectivity index (χ0v) is 12.3. The molecule has 5 nitrogen and oxygen atoms in total. The number of rotatable bonds is 2. The molecule has 0 bridgehead atoms. The Labute approximate surface area is 115 Å². The van der Waals surface area contributed by atoms with Gasteiger partial charge in [0.15, 0.2) is 5.82 Å². The van der Waals surface area contributed by atoms with Crippen molar-refractivity contribution in [1.29, 1.82) is 0 Å². The maximum absolute atomic E-state index is 5.88. The first-order valence-corrected chi connectivity index (χ1v) is 6.48. The normalized spacial score (nSPS) is 11.8. The Bertz CT molecular complexity index is 556. The Morgan fingerprint density at radius 1 is 1.33 bits per heavy atom. The molecule has 0 unspecified atom stereocenters. The molecule has 0 amide bonds. The third-order valence-corrected chi connectivity index (χ3v) is 3.13. The average Bonchev–Trinajstić information content (AvgIpc) is 2.67. The van der Waals surface area contributed by atoms with Gasteiger partial charge in [-0.1, -0.05) is 20.8 Å². The highest BCUT2D eigenvalue weighted by atomic mass is 79.9. The van der Waals surface area contributed by atoms with Crippen LogP contribution in [0.2, 0.25) is 0 Å². The van der Waals surface area contributed by atoms with Crippen LogP contribution < -0.4 is 5.73 Å². The molecule has 1 heterocycles. The van der Waals surface area contributed by atoms with Crippen LogP contribution in [0.3, 0.4) is 0 Å². The first-order chi connectivity index (χ1) is 8.37. The van der Waals surface area contributed by atoms with Crippen LogP contribution in [0.15, 0.2) is 22.7 Å². The van der Waals surface area contributed by atoms with E-state index in [1.807, 2.05) is 22.9 Å². The number of halogens is 1. The molecular formula is C12H16BrN5. The molecule has 1 aromatic heterocycles. The molecule has 18 heavy (non-hydrogen) atoms. The molecular weight excluding hydrogens is 294 g/mol. The van der Waals surface area contributed by atoms with Gasteiger partial charge >= 0.3 is 0 Å². The molecule has 0 saturated heterocycles. The van der Waals surface area contributed by atoms with E-state index in [0.29, 0.717) is 5.69 Å². The van der Waals surface area contributed by atoms with Crippen LogP contribution in [0.4, 0.5) is 5.69 Å². The van der Waals surface area contributed by atoms with Gasteiger partial charge in [0.25, 0.3) is 0 Å². The number of nitrogens with zero attached hydrogens (tertiary/aromatic N) is 4. The van der Waals surface area contributed by atoms with Gasteiger partial charge in [0, 0.05) is 22.3 Å². The first kappa shape index (κ1) is 13.0. The monoisotopic (exact) mass is 309 g/mol. The van der Waals surface area contributed by atoms with Crippen molar-refractivity contribution in [3.05, 3.63) is 22.7 Å². The number of nitrogen functional groups attached to an aromatic ring is 1. The lowest BCUT2D eigenvalue weighted by molar-refractivity contribution is 0.323. The van der Waals surface area contributed by atoms with Gasteiger partial charge in [0.2, 0.25) is 0 Å². The third-order valence-electron chi connectivity index (χ3n) is 2.41. The Hall–Kier alpha value is -1.43. The highest BCUT2D eigenvalue weighted by Gasteiger charge is 2.17. The fourth-order valence-corrected chi connectivity index (χ4v) is 1.90. The molecule has 2 N–H and O–H groups in total. The van der Waals surface area contributed by atoms with E-state index in [9.17, 15) is 0 Å². The number of aromatic nitrogens is 4. The summed E-state index contributed by atoms with van der Waals surface area (Å²) in [5, 5.41) is 11.9. The maximum Gasteiger partial charge on any atom is 0.182 e. The quantitative estimate of drug-likeness (QED) is 0.866. The lowest BCUT2D eigenvalue weighted by atomic mass is 9.97. The van der Waals surface area contributed by atoms with Crippen molar-refractivity contribution in [3.8, 4) is 11.4 Å². The van der Waals surface area contributed by atoms with Crippen LogP contribution >= 0.6 is 15.9 Å². The van der Waals surface area contributed by atoms with Gasteiger partial charge in [-0.05, 0) is 50.0 Å². The minimum atomic E-state index is 0.116. The summed E-state index contributed by atoms with van der Waals surface area (Å²) in [6, 6.07) is 5.72. The molecule has 6 heteroatoms. The predicted molar refractivity (Wildman–Crippen MR) is 74.8 cm³/mol. The van der Waals surface area contributed by atoms with E-state index in [1.54, 1.807) is 0 Å². The number of tetrazole rings is 1. The van der Waals surface area contributed by atoms with E-state index in [2.05, 4.69) is 52.2 Å². The van der Waals surface area contributed by atoms with Gasteiger partial charge in [-0.25, -0.2) is 4.68 Å². The van der Waals surface area contributed by atoms with E-state index >= 15 is 0 Å². The number of hydrogen-bond donors (Lipinski definition) is 1. The second-order valence-electron chi connectivity index (χ2n) is 5.46. The topological polar surface area (TPSA) is 69.6 Å². The van der Waals surface area contributed by atoms with E-state index in [1.165, 1.54) is 0 Å². The van der Waals surface area contributed by atoms with Crippen LogP contribution in [-0.2, 0) is 6.54 Å². The molecule has 0 atom stereocenters. The van der Waals surface area contributed by atoms with Crippen molar-refractivity contribution >= 4 is 21.6 Å². The second-order valence-corrected chi connectivity index (χ2v) is 6.31. The fraction of sp³-hybridized carbons (Fsp3) is 0.417. The molecule has 0 saturated carbocycles. The first-order valence-electron chi connectivity index (χ1n) is 5.68. The predicted octanol–water partition coefficient (Wildman–Crippen LogP) is 2.73. The Morgan fingerprint density at radius 3 is 2.67 bits per heavy atom. The summed E-state index contributed by atoms with van der Waals surface area (Å²) in [6.07, 6.45) is 0. The average molecular weight is 310 g/mol. The smallest absolute Gasteiger partial charge is 0.182 e. The summed E-state index contributed by atoms with van der Waals surface area (Å²) in [5.41, 5.74) is 7.60. The van der Waals surface area contributed by atoms with Crippen molar-refractivity contribution in [2.45, 2.75) is 27.3 Å². The molecule has 96 valence electrons. The summed E-state index contributed by atoms with van der Waals surface area (Å²) < 4.78 is 2.68. The molecule has 2 rings (SSSR count). The van der Waals surface area contributed by atoms with Gasteiger partial charge in [0.05, 0.1) is 0 Å². The Morgan fingerprint density at radius 2 is 2.06 bits per heavy atom. The second kappa shape index (κ2) is 4.68. The zero-order chi connectivity index (χ0) is 13.3. The standard InChI is InChI=1S/C12H16BrN5/c1-12(2,3)7-18-11(15-16-17-18)8-4-5-9(13)10(14)6-8/h4-6H,7,14H2,1-3H3. The summed E-state index contributed by atoms with van der Waals surface area (Å²) in [6.45, 7) is 7.20. The third kappa shape index (κ3) is 2.87. The van der Waals surface area contributed by atoms with Crippen LogP contribution in [0.5, 0.6) is 0 Å². The molecule has 0 fully saturated rings. The van der Waals surface area contributed by atoms with Crippen molar-refractivity contribution in [2.75, 3.05) is 5.73 Å². The molecule has 0 aliphatic carbocycles. The van der Waals surface area contributed by atoms with E-state index < -0.39 is 0 Å². The largest absolute Gasteiger partial charge is 0.398 e. The van der Waals surface area contributed by atoms with Gasteiger partial charge < -0.3 is 5.73 Å².